The molecule has 4 aliphatic rings. The van der Waals surface area contributed by atoms with E-state index in [4.69, 9.17) is 18.9 Å². The van der Waals surface area contributed by atoms with E-state index in [1.807, 2.05) is 0 Å². The van der Waals surface area contributed by atoms with Crippen molar-refractivity contribution in [1.82, 2.24) is 15.5 Å². The largest absolute Gasteiger partial charge is 0.460 e. The van der Waals surface area contributed by atoms with E-state index in [1.165, 1.54) is 17.9 Å². The first-order valence-electron chi connectivity index (χ1n) is 18.4. The Bertz CT molecular complexity index is 1590. The summed E-state index contributed by atoms with van der Waals surface area (Å²) in [4.78, 5) is 66.4. The van der Waals surface area contributed by atoms with E-state index in [0.717, 1.165) is 25.7 Å². The van der Waals surface area contributed by atoms with Crippen molar-refractivity contribution >= 4 is 35.7 Å². The summed E-state index contributed by atoms with van der Waals surface area (Å²) in [7, 11) is 3.28. The molecule has 1 aliphatic heterocycles. The Kier molecular flexibility index (Phi) is 12.5. The second kappa shape index (κ2) is 16.5. The maximum Gasteiger partial charge on any atom is 0.338 e. The van der Waals surface area contributed by atoms with Crippen LogP contribution in [0.3, 0.4) is 0 Å². The summed E-state index contributed by atoms with van der Waals surface area (Å²) in [5.41, 5.74) is 0.364. The molecular weight excluding hydrogens is 686 g/mol. The van der Waals surface area contributed by atoms with Gasteiger partial charge in [-0.2, -0.15) is 0 Å². The van der Waals surface area contributed by atoms with Crippen molar-refractivity contribution in [3.63, 3.8) is 0 Å². The lowest BCUT2D eigenvalue weighted by Crippen LogP contribution is -2.55. The van der Waals surface area contributed by atoms with Crippen LogP contribution in [0.5, 0.6) is 0 Å². The number of esters is 2. The average molecular weight is 740 g/mol. The molecule has 0 radical (unpaired) electrons. The first kappa shape index (κ1) is 40.1. The lowest BCUT2D eigenvalue weighted by Gasteiger charge is -2.31. The van der Waals surface area contributed by atoms with Crippen molar-refractivity contribution in [1.29, 1.82) is 0 Å². The number of fused-ring (bicyclic) bond motifs is 1. The molecule has 0 bridgehead atoms. The number of ether oxygens (including phenoxy) is 4. The van der Waals surface area contributed by atoms with E-state index in [-0.39, 0.29) is 48.1 Å². The normalized spacial score (nSPS) is 23.9. The molecule has 3 fully saturated rings. The van der Waals surface area contributed by atoms with E-state index < -0.39 is 78.2 Å². The third kappa shape index (κ3) is 10.3. The Balaban J connectivity index is 1.31. The topological polar surface area (TPSA) is 190 Å². The number of carbonyl (C=O) groups excluding carboxylic acids is 5. The van der Waals surface area contributed by atoms with Gasteiger partial charge in [0, 0.05) is 50.4 Å². The van der Waals surface area contributed by atoms with Gasteiger partial charge in [-0.05, 0) is 89.6 Å². The summed E-state index contributed by atoms with van der Waals surface area (Å²) in [6.45, 7) is 6.07. The Morgan fingerprint density at radius 2 is 1.74 bits per heavy atom. The third-order valence-corrected chi connectivity index (χ3v) is 9.68. The fraction of sp³-hybridized carbons (Fsp3) is 0.615. The van der Waals surface area contributed by atoms with E-state index in [1.54, 1.807) is 71.3 Å². The molecule has 14 heteroatoms. The number of aliphatic hydroxyl groups is 2. The number of amides is 3. The minimum Gasteiger partial charge on any atom is -0.460 e. The first-order chi connectivity index (χ1) is 25.0. The summed E-state index contributed by atoms with van der Waals surface area (Å²) in [5, 5.41) is 25.7. The predicted octanol–water partition coefficient (Wildman–Crippen LogP) is 2.41. The van der Waals surface area contributed by atoms with Crippen molar-refractivity contribution in [3.8, 4) is 0 Å². The fourth-order valence-corrected chi connectivity index (χ4v) is 6.68. The van der Waals surface area contributed by atoms with Crippen molar-refractivity contribution < 1.29 is 53.1 Å². The molecular formula is C39H53N3O11. The second-order valence-electron chi connectivity index (χ2n) is 15.7. The van der Waals surface area contributed by atoms with Crippen molar-refractivity contribution in [2.45, 2.75) is 121 Å². The molecule has 14 nitrogen and oxygen atoms in total. The van der Waals surface area contributed by atoms with Gasteiger partial charge in [-0.1, -0.05) is 12.1 Å². The summed E-state index contributed by atoms with van der Waals surface area (Å²) in [6.07, 6.45) is 4.79. The number of benzene rings is 1. The number of nitrogens with one attached hydrogen (secondary N) is 2. The number of hydrogen-bond donors (Lipinski definition) is 4. The fourth-order valence-electron chi connectivity index (χ4n) is 6.68. The van der Waals surface area contributed by atoms with E-state index in [2.05, 4.69) is 10.6 Å². The highest BCUT2D eigenvalue weighted by atomic mass is 16.8. The van der Waals surface area contributed by atoms with Crippen LogP contribution < -0.4 is 10.6 Å². The molecule has 53 heavy (non-hydrogen) atoms. The Hall–Kier alpha value is -4.11. The SMILES string of the molecule is C[C@H](O)[C@@H](NC(=O)C1=C[C@H]2OC(C3CC3)(C3CC3)O[C@H]2[C@H](OC(=O)c2cccc(C=CC(=O)N(C)C)c2)C1)C(=O)N[C@H](CO)CCC(=O)OC(C)(C)C. The maximum absolute atomic E-state index is 13.8. The Morgan fingerprint density at radius 1 is 1.06 bits per heavy atom. The monoisotopic (exact) mass is 739 g/mol. The van der Waals surface area contributed by atoms with Gasteiger partial charge in [0.25, 0.3) is 0 Å². The van der Waals surface area contributed by atoms with Gasteiger partial charge >= 0.3 is 11.9 Å². The molecule has 0 spiro atoms. The van der Waals surface area contributed by atoms with Gasteiger partial charge in [-0.3, -0.25) is 19.2 Å². The lowest BCUT2D eigenvalue weighted by molar-refractivity contribution is -0.209. The van der Waals surface area contributed by atoms with E-state index >= 15 is 0 Å². The van der Waals surface area contributed by atoms with Crippen LogP contribution in [0.2, 0.25) is 0 Å². The minimum atomic E-state index is -1.41. The minimum absolute atomic E-state index is 0.0479. The second-order valence-corrected chi connectivity index (χ2v) is 15.7. The van der Waals surface area contributed by atoms with Crippen LogP contribution in [0, 0.1) is 11.8 Å². The zero-order valence-electron chi connectivity index (χ0n) is 31.3. The molecule has 4 N–H and O–H groups in total. The Morgan fingerprint density at radius 3 is 2.32 bits per heavy atom. The molecule has 6 atom stereocenters. The first-order valence-corrected chi connectivity index (χ1v) is 18.4. The molecule has 1 aromatic rings. The lowest BCUT2D eigenvalue weighted by atomic mass is 9.91. The van der Waals surface area contributed by atoms with Gasteiger partial charge in [0.2, 0.25) is 17.7 Å². The zero-order chi connectivity index (χ0) is 38.7. The van der Waals surface area contributed by atoms with Crippen LogP contribution in [0.1, 0.15) is 88.6 Å². The highest BCUT2D eigenvalue weighted by Gasteiger charge is 2.64. The molecule has 5 rings (SSSR count). The molecule has 290 valence electrons. The van der Waals surface area contributed by atoms with Gasteiger partial charge in [0.05, 0.1) is 24.3 Å². The van der Waals surface area contributed by atoms with Gasteiger partial charge in [-0.15, -0.1) is 0 Å². The number of likely N-dealkylation sites (N-methyl/N-ethyl adjacent to an activating group) is 1. The standard InChI is InChI=1S/C39H53N3O11/c1-22(44)33(36(48)40-28(21-43)15-17-32(46)52-38(2,3)4)41-35(47)25-19-29(34-30(20-25)51-39(53-34,26-11-12-26)27-13-14-27)50-37(49)24-9-7-8-23(18-24)10-16-31(45)42(5)6/h7-10,16,18,20,22,26-30,33-34,43-44H,11-15,17,19,21H2,1-6H3,(H,40,48)(H,41,47)/t22-,28-,29+,30+,33+,34-/m0/s1. The number of nitrogens with zero attached hydrogens (tertiary/aromatic N) is 1. The van der Waals surface area contributed by atoms with Crippen LogP contribution in [0.4, 0.5) is 0 Å². The van der Waals surface area contributed by atoms with Crippen molar-refractivity contribution in [2.24, 2.45) is 11.8 Å². The quantitative estimate of drug-likeness (QED) is 0.153. The van der Waals surface area contributed by atoms with Crippen LogP contribution in [-0.2, 0) is 38.1 Å². The average Bonchev–Trinajstić information content (AvgIpc) is 4.04. The van der Waals surface area contributed by atoms with Gasteiger partial charge < -0.3 is 44.7 Å². The summed E-state index contributed by atoms with van der Waals surface area (Å²) in [6, 6.07) is 4.39. The molecule has 1 heterocycles. The predicted molar refractivity (Wildman–Crippen MR) is 192 cm³/mol. The van der Waals surface area contributed by atoms with Crippen LogP contribution in [0.15, 0.2) is 42.0 Å². The van der Waals surface area contributed by atoms with E-state index in [0.29, 0.717) is 5.56 Å². The van der Waals surface area contributed by atoms with Crippen molar-refractivity contribution in [3.05, 3.63) is 53.1 Å². The highest BCUT2D eigenvalue weighted by Crippen LogP contribution is 2.59. The summed E-state index contributed by atoms with van der Waals surface area (Å²) >= 11 is 0. The molecule has 3 aliphatic carbocycles. The van der Waals surface area contributed by atoms with Crippen LogP contribution in [0.25, 0.3) is 6.08 Å². The molecule has 3 amide bonds. The molecule has 1 saturated heterocycles. The van der Waals surface area contributed by atoms with Gasteiger partial charge in [-0.25, -0.2) is 4.79 Å². The van der Waals surface area contributed by atoms with Gasteiger partial charge in [0.1, 0.15) is 30.0 Å². The Labute approximate surface area is 310 Å². The number of hydrogen-bond acceptors (Lipinski definition) is 11. The van der Waals surface area contributed by atoms with Crippen LogP contribution >= 0.6 is 0 Å². The van der Waals surface area contributed by atoms with E-state index in [9.17, 15) is 34.2 Å². The zero-order valence-corrected chi connectivity index (χ0v) is 31.3. The summed E-state index contributed by atoms with van der Waals surface area (Å²) < 4.78 is 24.7. The third-order valence-electron chi connectivity index (χ3n) is 9.68. The number of carbonyl (C=O) groups is 5. The smallest absolute Gasteiger partial charge is 0.338 e. The van der Waals surface area contributed by atoms with Crippen molar-refractivity contribution in [2.75, 3.05) is 20.7 Å². The highest BCUT2D eigenvalue weighted by molar-refractivity contribution is 5.98. The number of aliphatic hydroxyl groups excluding tert-OH is 2. The molecule has 1 aromatic carbocycles. The maximum atomic E-state index is 13.8. The van der Waals surface area contributed by atoms with Crippen LogP contribution in [-0.4, -0.2) is 113 Å². The number of rotatable bonds is 15. The summed E-state index contributed by atoms with van der Waals surface area (Å²) in [5.74, 6) is -3.19. The molecule has 0 aromatic heterocycles. The molecule has 2 saturated carbocycles. The molecule has 0 unspecified atom stereocenters. The van der Waals surface area contributed by atoms with Gasteiger partial charge in [0.15, 0.2) is 5.79 Å².